The first kappa shape index (κ1) is 14.2. The van der Waals surface area contributed by atoms with Crippen LogP contribution in [0.2, 0.25) is 0 Å². The molecule has 0 atom stereocenters. The lowest BCUT2D eigenvalue weighted by atomic mass is 10.3. The lowest BCUT2D eigenvalue weighted by Gasteiger charge is -1.99. The Labute approximate surface area is 119 Å². The summed E-state index contributed by atoms with van der Waals surface area (Å²) in [5, 5.41) is 7.47. The van der Waals surface area contributed by atoms with E-state index >= 15 is 0 Å². The summed E-state index contributed by atoms with van der Waals surface area (Å²) in [7, 11) is 1.79. The molecule has 20 heavy (non-hydrogen) atoms. The first-order chi connectivity index (χ1) is 9.51. The molecule has 0 saturated carbocycles. The van der Waals surface area contributed by atoms with Gasteiger partial charge in [0.15, 0.2) is 16.6 Å². The van der Waals surface area contributed by atoms with Crippen LogP contribution in [0.15, 0.2) is 12.4 Å². The normalized spacial score (nSPS) is 10.3. The van der Waals surface area contributed by atoms with Gasteiger partial charge in [-0.3, -0.25) is 9.48 Å². The van der Waals surface area contributed by atoms with Gasteiger partial charge in [0.1, 0.15) is 4.88 Å². The molecule has 0 radical (unpaired) electrons. The molecule has 0 unspecified atom stereocenters. The molecule has 7 nitrogen and oxygen atoms in total. The quantitative estimate of drug-likeness (QED) is 0.670. The molecular formula is C12H14N4O3S. The third-order valence-corrected chi connectivity index (χ3v) is 3.44. The minimum absolute atomic E-state index is 0.0516. The summed E-state index contributed by atoms with van der Waals surface area (Å²) in [4.78, 5) is 27.7. The molecule has 0 fully saturated rings. The van der Waals surface area contributed by atoms with E-state index in [1.54, 1.807) is 31.0 Å². The average Bonchev–Trinajstić information content (AvgIpc) is 2.97. The lowest BCUT2D eigenvalue weighted by Crippen LogP contribution is -2.09. The summed E-state index contributed by atoms with van der Waals surface area (Å²) in [6, 6.07) is 0. The second-order valence-corrected chi connectivity index (χ2v) is 5.00. The fraction of sp³-hybridized carbons (Fsp3) is 0.333. The van der Waals surface area contributed by atoms with E-state index in [9.17, 15) is 9.59 Å². The van der Waals surface area contributed by atoms with Crippen molar-refractivity contribution in [2.45, 2.75) is 13.8 Å². The smallest absolute Gasteiger partial charge is 0.358 e. The van der Waals surface area contributed by atoms with Crippen molar-refractivity contribution in [2.75, 3.05) is 11.9 Å². The number of ketones is 1. The molecule has 2 rings (SSSR count). The van der Waals surface area contributed by atoms with Crippen LogP contribution in [0.3, 0.4) is 0 Å². The molecule has 0 aliphatic rings. The largest absolute Gasteiger partial charge is 0.461 e. The molecule has 0 amide bonds. The number of ether oxygens (including phenoxy) is 1. The van der Waals surface area contributed by atoms with Crippen molar-refractivity contribution in [3.63, 3.8) is 0 Å². The molecule has 8 heteroatoms. The van der Waals surface area contributed by atoms with Crippen LogP contribution in [0.25, 0.3) is 0 Å². The number of hydrogen-bond donors (Lipinski definition) is 1. The Morgan fingerprint density at radius 3 is 2.80 bits per heavy atom. The number of nitrogens with zero attached hydrogens (tertiary/aromatic N) is 3. The van der Waals surface area contributed by atoms with Gasteiger partial charge in [-0.15, -0.1) is 0 Å². The highest BCUT2D eigenvalue weighted by molar-refractivity contribution is 7.17. The number of hydrogen-bond acceptors (Lipinski definition) is 7. The minimum Gasteiger partial charge on any atom is -0.461 e. The zero-order valence-electron chi connectivity index (χ0n) is 11.3. The number of esters is 1. The van der Waals surface area contributed by atoms with E-state index in [4.69, 9.17) is 4.74 Å². The summed E-state index contributed by atoms with van der Waals surface area (Å²) in [5.74, 6) is -0.807. The van der Waals surface area contributed by atoms with Crippen molar-refractivity contribution in [3.05, 3.63) is 23.0 Å². The Morgan fingerprint density at radius 2 is 2.25 bits per heavy atom. The van der Waals surface area contributed by atoms with E-state index in [1.807, 2.05) is 0 Å². The van der Waals surface area contributed by atoms with Crippen molar-refractivity contribution < 1.29 is 14.3 Å². The van der Waals surface area contributed by atoms with E-state index in [1.165, 1.54) is 6.92 Å². The number of carbonyl (C=O) groups is 2. The van der Waals surface area contributed by atoms with Crippen LogP contribution in [0, 0.1) is 0 Å². The lowest BCUT2D eigenvalue weighted by molar-refractivity contribution is 0.0517. The SMILES string of the molecule is CCOC(=O)c1nc(Nc2cnn(C)c2)sc1C(C)=O. The molecule has 2 aromatic rings. The van der Waals surface area contributed by atoms with Crippen LogP contribution in [-0.4, -0.2) is 33.1 Å². The van der Waals surface area contributed by atoms with Crippen molar-refractivity contribution in [2.24, 2.45) is 7.05 Å². The maximum atomic E-state index is 11.8. The van der Waals surface area contributed by atoms with E-state index in [0.29, 0.717) is 5.13 Å². The second kappa shape index (κ2) is 5.83. The Bertz CT molecular complexity index is 647. The standard InChI is InChI=1S/C12H14N4O3S/c1-4-19-11(18)9-10(7(2)17)20-12(15-9)14-8-5-13-16(3)6-8/h5-6H,4H2,1-3H3,(H,14,15). The fourth-order valence-electron chi connectivity index (χ4n) is 1.56. The maximum Gasteiger partial charge on any atom is 0.358 e. The van der Waals surface area contributed by atoms with Gasteiger partial charge in [-0.25, -0.2) is 9.78 Å². The van der Waals surface area contributed by atoms with E-state index in [0.717, 1.165) is 17.0 Å². The molecule has 0 aliphatic heterocycles. The summed E-state index contributed by atoms with van der Waals surface area (Å²) in [6.45, 7) is 3.33. The van der Waals surface area contributed by atoms with Gasteiger partial charge in [0.25, 0.3) is 0 Å². The van der Waals surface area contributed by atoms with Crippen LogP contribution in [0.5, 0.6) is 0 Å². The highest BCUT2D eigenvalue weighted by Gasteiger charge is 2.22. The van der Waals surface area contributed by atoms with E-state index in [-0.39, 0.29) is 23.0 Å². The molecule has 2 heterocycles. The third-order valence-electron chi connectivity index (χ3n) is 2.37. The first-order valence-electron chi connectivity index (χ1n) is 5.95. The second-order valence-electron chi connectivity index (χ2n) is 4.00. The monoisotopic (exact) mass is 294 g/mol. The number of rotatable bonds is 5. The zero-order chi connectivity index (χ0) is 14.7. The fourth-order valence-corrected chi connectivity index (χ4v) is 2.43. The molecule has 1 N–H and O–H groups in total. The van der Waals surface area contributed by atoms with Crippen molar-refractivity contribution in [1.29, 1.82) is 0 Å². The van der Waals surface area contributed by atoms with Gasteiger partial charge in [-0.1, -0.05) is 11.3 Å². The molecule has 0 aliphatic carbocycles. The van der Waals surface area contributed by atoms with E-state index < -0.39 is 5.97 Å². The highest BCUT2D eigenvalue weighted by atomic mass is 32.1. The Hall–Kier alpha value is -2.22. The van der Waals surface area contributed by atoms with Gasteiger partial charge in [0.2, 0.25) is 0 Å². The Kier molecular flexibility index (Phi) is 4.14. The summed E-state index contributed by atoms with van der Waals surface area (Å²) >= 11 is 1.12. The topological polar surface area (TPSA) is 86.1 Å². The molecule has 106 valence electrons. The number of Topliss-reactive ketones (excluding diaryl/α,β-unsaturated/α-hetero) is 1. The van der Waals surface area contributed by atoms with Gasteiger partial charge >= 0.3 is 5.97 Å². The average molecular weight is 294 g/mol. The van der Waals surface area contributed by atoms with Crippen molar-refractivity contribution >= 4 is 33.9 Å². The van der Waals surface area contributed by atoms with Crippen LogP contribution in [0.4, 0.5) is 10.8 Å². The van der Waals surface area contributed by atoms with Crippen LogP contribution in [0.1, 0.15) is 34.0 Å². The maximum absolute atomic E-state index is 11.8. The van der Waals surface area contributed by atoms with Crippen LogP contribution in [-0.2, 0) is 11.8 Å². The third kappa shape index (κ3) is 3.02. The highest BCUT2D eigenvalue weighted by Crippen LogP contribution is 2.26. The number of nitrogens with one attached hydrogen (secondary N) is 1. The number of aromatic nitrogens is 3. The van der Waals surface area contributed by atoms with Gasteiger partial charge in [-0.2, -0.15) is 5.10 Å². The minimum atomic E-state index is -0.590. The van der Waals surface area contributed by atoms with Crippen molar-refractivity contribution in [3.8, 4) is 0 Å². The number of thiazole rings is 1. The van der Waals surface area contributed by atoms with Crippen LogP contribution < -0.4 is 5.32 Å². The first-order valence-corrected chi connectivity index (χ1v) is 6.77. The van der Waals surface area contributed by atoms with Gasteiger partial charge < -0.3 is 10.1 Å². The Morgan fingerprint density at radius 1 is 1.50 bits per heavy atom. The number of carbonyl (C=O) groups excluding carboxylic acids is 2. The molecule has 0 spiro atoms. The summed E-state index contributed by atoms with van der Waals surface area (Å²) < 4.78 is 6.53. The molecule has 0 bridgehead atoms. The molecular weight excluding hydrogens is 280 g/mol. The van der Waals surface area contributed by atoms with Gasteiger partial charge in [0.05, 0.1) is 18.5 Å². The van der Waals surface area contributed by atoms with Crippen LogP contribution >= 0.6 is 11.3 Å². The summed E-state index contributed by atoms with van der Waals surface area (Å²) in [6.07, 6.45) is 3.39. The number of aryl methyl sites for hydroxylation is 1. The van der Waals surface area contributed by atoms with Gasteiger partial charge in [0, 0.05) is 20.2 Å². The van der Waals surface area contributed by atoms with E-state index in [2.05, 4.69) is 15.4 Å². The number of anilines is 2. The zero-order valence-corrected chi connectivity index (χ0v) is 12.2. The molecule has 0 saturated heterocycles. The molecule has 2 aromatic heterocycles. The Balaban J connectivity index is 2.29. The van der Waals surface area contributed by atoms with Crippen molar-refractivity contribution in [1.82, 2.24) is 14.8 Å². The summed E-state index contributed by atoms with van der Waals surface area (Å²) in [5.41, 5.74) is 0.780. The predicted molar refractivity (Wildman–Crippen MR) is 74.6 cm³/mol. The van der Waals surface area contributed by atoms with Gasteiger partial charge in [-0.05, 0) is 6.92 Å². The molecule has 0 aromatic carbocycles. The predicted octanol–water partition coefficient (Wildman–Crippen LogP) is 2.00.